The van der Waals surface area contributed by atoms with Gasteiger partial charge in [0.2, 0.25) is 5.91 Å². The second kappa shape index (κ2) is 9.88. The van der Waals surface area contributed by atoms with Crippen LogP contribution in [0.4, 0.5) is 0 Å². The fourth-order valence-corrected chi connectivity index (χ4v) is 4.49. The van der Waals surface area contributed by atoms with Gasteiger partial charge < -0.3 is 10.2 Å². The van der Waals surface area contributed by atoms with Gasteiger partial charge in [-0.15, -0.1) is 12.4 Å². The number of rotatable bonds is 4. The lowest BCUT2D eigenvalue weighted by atomic mass is 10.1. The third-order valence-corrected chi connectivity index (χ3v) is 5.85. The Morgan fingerprint density at radius 1 is 1.21 bits per heavy atom. The number of carbonyl (C=O) groups excluding carboxylic acids is 1. The van der Waals surface area contributed by atoms with Gasteiger partial charge in [0, 0.05) is 68.3 Å². The number of nitrogens with zero attached hydrogens (tertiary/aromatic N) is 2. The molecule has 1 unspecified atom stereocenters. The summed E-state index contributed by atoms with van der Waals surface area (Å²) in [6.45, 7) is 5.41. The van der Waals surface area contributed by atoms with Gasteiger partial charge in [-0.3, -0.25) is 9.69 Å². The molecule has 1 amide bonds. The second-order valence-electron chi connectivity index (χ2n) is 6.06. The number of benzene rings is 1. The summed E-state index contributed by atoms with van der Waals surface area (Å²) in [6, 6.07) is 8.54. The topological polar surface area (TPSA) is 35.6 Å². The molecule has 0 radical (unpaired) electrons. The van der Waals surface area contributed by atoms with Crippen molar-refractivity contribution in [1.29, 1.82) is 0 Å². The van der Waals surface area contributed by atoms with Crippen LogP contribution in [0.3, 0.4) is 0 Å². The number of hydrogen-bond acceptors (Lipinski definition) is 4. The normalized spacial score (nSPS) is 22.0. The molecule has 4 nitrogen and oxygen atoms in total. The van der Waals surface area contributed by atoms with Crippen molar-refractivity contribution in [3.05, 3.63) is 34.9 Å². The maximum Gasteiger partial charge on any atom is 0.223 e. The zero-order chi connectivity index (χ0) is 16.1. The van der Waals surface area contributed by atoms with E-state index in [1.165, 1.54) is 5.56 Å². The second-order valence-corrected chi connectivity index (χ2v) is 7.65. The van der Waals surface area contributed by atoms with Gasteiger partial charge in [0.05, 0.1) is 0 Å². The van der Waals surface area contributed by atoms with E-state index in [4.69, 9.17) is 11.6 Å². The Morgan fingerprint density at radius 3 is 2.62 bits per heavy atom. The van der Waals surface area contributed by atoms with Gasteiger partial charge >= 0.3 is 0 Å². The van der Waals surface area contributed by atoms with Crippen LogP contribution in [0.25, 0.3) is 0 Å². The highest BCUT2D eigenvalue weighted by Crippen LogP contribution is 2.30. The van der Waals surface area contributed by atoms with Crippen molar-refractivity contribution in [3.63, 3.8) is 0 Å². The smallest absolute Gasteiger partial charge is 0.223 e. The van der Waals surface area contributed by atoms with Crippen molar-refractivity contribution in [1.82, 2.24) is 15.1 Å². The zero-order valence-corrected chi connectivity index (χ0v) is 16.1. The molecule has 24 heavy (non-hydrogen) atoms. The molecule has 2 aliphatic rings. The number of carbonyl (C=O) groups is 1. The molecule has 2 fully saturated rings. The molecule has 0 bridgehead atoms. The SMILES string of the molecule is Cl.O=C(CCN1CCSCC1c1ccc(Cl)cc1)N1CCNCC1. The molecule has 1 aromatic rings. The first-order valence-corrected chi connectivity index (χ1v) is 9.83. The van der Waals surface area contributed by atoms with Crippen molar-refractivity contribution in [2.75, 3.05) is 50.8 Å². The quantitative estimate of drug-likeness (QED) is 0.858. The highest BCUT2D eigenvalue weighted by atomic mass is 35.5. The highest BCUT2D eigenvalue weighted by molar-refractivity contribution is 7.99. The predicted octanol–water partition coefficient (Wildman–Crippen LogP) is 2.67. The number of thioether (sulfide) groups is 1. The number of halogens is 2. The van der Waals surface area contributed by atoms with Crippen molar-refractivity contribution < 1.29 is 4.79 Å². The van der Waals surface area contributed by atoms with Crippen LogP contribution in [-0.2, 0) is 4.79 Å². The van der Waals surface area contributed by atoms with E-state index in [0.29, 0.717) is 18.4 Å². The molecule has 0 aromatic heterocycles. The Morgan fingerprint density at radius 2 is 1.92 bits per heavy atom. The van der Waals surface area contributed by atoms with Crippen molar-refractivity contribution in [3.8, 4) is 0 Å². The van der Waals surface area contributed by atoms with Gasteiger partial charge in [0.15, 0.2) is 0 Å². The van der Waals surface area contributed by atoms with E-state index in [-0.39, 0.29) is 12.4 Å². The van der Waals surface area contributed by atoms with Gasteiger partial charge in [-0.05, 0) is 17.7 Å². The first kappa shape index (κ1) is 19.9. The molecule has 7 heteroatoms. The summed E-state index contributed by atoms with van der Waals surface area (Å²) in [5, 5.41) is 4.07. The molecule has 1 aromatic carbocycles. The van der Waals surface area contributed by atoms with E-state index >= 15 is 0 Å². The van der Waals surface area contributed by atoms with Gasteiger partial charge in [-0.25, -0.2) is 0 Å². The molecular weight excluding hydrogens is 365 g/mol. The van der Waals surface area contributed by atoms with E-state index < -0.39 is 0 Å². The van der Waals surface area contributed by atoms with E-state index in [2.05, 4.69) is 22.3 Å². The monoisotopic (exact) mass is 389 g/mol. The van der Waals surface area contributed by atoms with Gasteiger partial charge in [-0.1, -0.05) is 23.7 Å². The minimum Gasteiger partial charge on any atom is -0.340 e. The van der Waals surface area contributed by atoms with E-state index in [1.807, 2.05) is 28.8 Å². The number of piperazine rings is 1. The number of hydrogen-bond donors (Lipinski definition) is 1. The molecule has 2 aliphatic heterocycles. The largest absolute Gasteiger partial charge is 0.340 e. The van der Waals surface area contributed by atoms with Crippen LogP contribution in [0.2, 0.25) is 5.02 Å². The summed E-state index contributed by atoms with van der Waals surface area (Å²) in [5.74, 6) is 2.52. The Balaban J connectivity index is 0.00000208. The van der Waals surface area contributed by atoms with Gasteiger partial charge in [0.25, 0.3) is 0 Å². The molecule has 0 spiro atoms. The lowest BCUT2D eigenvalue weighted by Gasteiger charge is -2.36. The number of amides is 1. The Hall–Kier alpha value is -0.460. The number of nitrogens with one attached hydrogen (secondary N) is 1. The molecule has 0 saturated carbocycles. The Bertz CT molecular complexity index is 523. The van der Waals surface area contributed by atoms with Crippen LogP contribution in [0.5, 0.6) is 0 Å². The highest BCUT2D eigenvalue weighted by Gasteiger charge is 2.25. The third kappa shape index (κ3) is 5.27. The van der Waals surface area contributed by atoms with Crippen LogP contribution in [0, 0.1) is 0 Å². The first-order valence-electron chi connectivity index (χ1n) is 8.30. The lowest BCUT2D eigenvalue weighted by molar-refractivity contribution is -0.132. The van der Waals surface area contributed by atoms with Crippen LogP contribution in [0.1, 0.15) is 18.0 Å². The van der Waals surface area contributed by atoms with E-state index in [9.17, 15) is 4.79 Å². The average molecular weight is 390 g/mol. The van der Waals surface area contributed by atoms with Gasteiger partial charge in [-0.2, -0.15) is 11.8 Å². The molecule has 3 rings (SSSR count). The van der Waals surface area contributed by atoms with Gasteiger partial charge in [0.1, 0.15) is 0 Å². The predicted molar refractivity (Wildman–Crippen MR) is 104 cm³/mol. The molecular formula is C17H25Cl2N3OS. The summed E-state index contributed by atoms with van der Waals surface area (Å²) in [6.07, 6.45) is 0.620. The maximum absolute atomic E-state index is 12.4. The molecule has 134 valence electrons. The Labute approximate surface area is 159 Å². The van der Waals surface area contributed by atoms with Crippen molar-refractivity contribution in [2.45, 2.75) is 12.5 Å². The van der Waals surface area contributed by atoms with Crippen LogP contribution in [0.15, 0.2) is 24.3 Å². The molecule has 2 heterocycles. The maximum atomic E-state index is 12.4. The van der Waals surface area contributed by atoms with E-state index in [1.54, 1.807) is 0 Å². The fourth-order valence-electron chi connectivity index (χ4n) is 3.21. The lowest BCUT2D eigenvalue weighted by Crippen LogP contribution is -2.47. The van der Waals surface area contributed by atoms with Crippen LogP contribution < -0.4 is 5.32 Å². The summed E-state index contributed by atoms with van der Waals surface area (Å²) < 4.78 is 0. The molecule has 2 saturated heterocycles. The summed E-state index contributed by atoms with van der Waals surface area (Å²) in [5.41, 5.74) is 1.30. The minimum atomic E-state index is 0. The Kier molecular flexibility index (Phi) is 8.17. The molecule has 1 atom stereocenters. The van der Waals surface area contributed by atoms with Crippen molar-refractivity contribution >= 4 is 41.7 Å². The summed E-state index contributed by atoms with van der Waals surface area (Å²) in [7, 11) is 0. The minimum absolute atomic E-state index is 0. The van der Waals surface area contributed by atoms with Crippen molar-refractivity contribution in [2.24, 2.45) is 0 Å². The third-order valence-electron chi connectivity index (χ3n) is 4.58. The summed E-state index contributed by atoms with van der Waals surface area (Å²) in [4.78, 5) is 16.8. The standard InChI is InChI=1S/C17H24ClN3OS.ClH/c18-15-3-1-14(2-4-15)16-13-23-12-11-20(16)8-5-17(22)21-9-6-19-7-10-21;/h1-4,16,19H,5-13H2;1H. The summed E-state index contributed by atoms with van der Waals surface area (Å²) >= 11 is 7.99. The molecule has 0 aliphatic carbocycles. The zero-order valence-electron chi connectivity index (χ0n) is 13.7. The fraction of sp³-hybridized carbons (Fsp3) is 0.588. The van der Waals surface area contributed by atoms with E-state index in [0.717, 1.165) is 55.8 Å². The average Bonchev–Trinajstić information content (AvgIpc) is 2.61. The first-order chi connectivity index (χ1) is 11.2. The van der Waals surface area contributed by atoms with Crippen LogP contribution >= 0.6 is 35.8 Å². The molecule has 1 N–H and O–H groups in total. The van der Waals surface area contributed by atoms with Crippen LogP contribution in [-0.4, -0.2) is 66.5 Å².